The van der Waals surface area contributed by atoms with Gasteiger partial charge in [0.2, 0.25) is 0 Å². The molecule has 0 aromatic heterocycles. The van der Waals surface area contributed by atoms with Gasteiger partial charge in [-0.1, -0.05) is 0 Å². The molecule has 0 atom stereocenters. The van der Waals surface area contributed by atoms with Gasteiger partial charge in [-0.05, 0) is 50.5 Å². The molecule has 0 saturated heterocycles. The van der Waals surface area contributed by atoms with Gasteiger partial charge in [0, 0.05) is 18.8 Å². The highest BCUT2D eigenvalue weighted by Gasteiger charge is 2.13. The lowest BCUT2D eigenvalue weighted by molar-refractivity contribution is -0.136. The van der Waals surface area contributed by atoms with Gasteiger partial charge in [-0.2, -0.15) is 0 Å². The minimum absolute atomic E-state index is 0.121. The maximum absolute atomic E-state index is 11.7. The van der Waals surface area contributed by atoms with Crippen LogP contribution in [0.5, 0.6) is 0 Å². The van der Waals surface area contributed by atoms with Crippen LogP contribution in [0.3, 0.4) is 0 Å². The number of esters is 1. The largest absolute Gasteiger partial charge is 0.462 e. The predicted molar refractivity (Wildman–Crippen MR) is 85.0 cm³/mol. The summed E-state index contributed by atoms with van der Waals surface area (Å²) in [6, 6.07) is 6.08. The molecule has 3 N–H and O–H groups in total. The Morgan fingerprint density at radius 2 is 1.74 bits per heavy atom. The van der Waals surface area contributed by atoms with Crippen molar-refractivity contribution in [2.24, 2.45) is 0 Å². The minimum Gasteiger partial charge on any atom is -0.462 e. The van der Waals surface area contributed by atoms with Crippen LogP contribution >= 0.6 is 0 Å². The third-order valence-corrected chi connectivity index (χ3v) is 2.98. The van der Waals surface area contributed by atoms with Gasteiger partial charge in [-0.25, -0.2) is 4.79 Å². The molecule has 0 spiro atoms. The van der Waals surface area contributed by atoms with E-state index in [2.05, 4.69) is 10.6 Å². The molecule has 0 bridgehead atoms. The predicted octanol–water partition coefficient (Wildman–Crippen LogP) is 1.08. The van der Waals surface area contributed by atoms with E-state index in [1.54, 1.807) is 6.92 Å². The maximum atomic E-state index is 11.7. The molecule has 0 aliphatic carbocycles. The summed E-state index contributed by atoms with van der Waals surface area (Å²) in [6.45, 7) is 2.51. The number of anilines is 1. The number of carbonyl (C=O) groups is 3. The van der Waals surface area contributed by atoms with Crippen molar-refractivity contribution < 1.29 is 24.2 Å². The van der Waals surface area contributed by atoms with Crippen molar-refractivity contribution >= 4 is 23.5 Å². The van der Waals surface area contributed by atoms with Crippen LogP contribution in [0.25, 0.3) is 0 Å². The normalized spacial score (nSPS) is 10.0. The van der Waals surface area contributed by atoms with Crippen molar-refractivity contribution in [3.63, 3.8) is 0 Å². The Morgan fingerprint density at radius 1 is 1.04 bits per heavy atom. The summed E-state index contributed by atoms with van der Waals surface area (Å²) in [5.41, 5.74) is 0.789. The lowest BCUT2D eigenvalue weighted by Crippen LogP contribution is -2.35. The van der Waals surface area contributed by atoms with Gasteiger partial charge in [0.25, 0.3) is 0 Å². The smallest absolute Gasteiger partial charge is 0.338 e. The molecule has 0 unspecified atom stereocenters. The fraction of sp³-hybridized carbons (Fsp3) is 0.438. The second-order valence-corrected chi connectivity index (χ2v) is 4.79. The van der Waals surface area contributed by atoms with E-state index in [1.165, 1.54) is 24.3 Å². The highest BCUT2D eigenvalue weighted by atomic mass is 16.5. The molecular formula is C16H22N2O5. The van der Waals surface area contributed by atoms with Crippen molar-refractivity contribution in [2.75, 3.05) is 25.1 Å². The number of hydrogen-bond acceptors (Lipinski definition) is 5. The summed E-state index contributed by atoms with van der Waals surface area (Å²) in [4.78, 5) is 34.8. The third kappa shape index (κ3) is 6.92. The Labute approximate surface area is 135 Å². The van der Waals surface area contributed by atoms with E-state index in [0.717, 1.165) is 6.42 Å². The molecule has 0 aliphatic rings. The van der Waals surface area contributed by atoms with Crippen LogP contribution in [0.2, 0.25) is 0 Å². The molecule has 0 fully saturated rings. The van der Waals surface area contributed by atoms with Gasteiger partial charge in [0.1, 0.15) is 0 Å². The Balaban J connectivity index is 2.41. The zero-order valence-corrected chi connectivity index (χ0v) is 13.1. The summed E-state index contributed by atoms with van der Waals surface area (Å²) in [5, 5.41) is 13.6. The number of benzene rings is 1. The van der Waals surface area contributed by atoms with Crippen LogP contribution in [0, 0.1) is 0 Å². The first-order chi connectivity index (χ1) is 11.1. The lowest BCUT2D eigenvalue weighted by atomic mass is 10.2. The summed E-state index contributed by atoms with van der Waals surface area (Å²) in [7, 11) is 0. The standard InChI is InChI=1S/C16H22N2O5/c1-2-23-16(22)12-6-8-13(9-7-12)18-15(21)14(20)17-10-4-3-5-11-19/h6-9,19H,2-5,10-11H2,1H3,(H,17,20)(H,18,21). The number of unbranched alkanes of at least 4 members (excludes halogenated alkanes) is 2. The molecular weight excluding hydrogens is 300 g/mol. The van der Waals surface area contributed by atoms with Gasteiger partial charge in [-0.15, -0.1) is 0 Å². The van der Waals surface area contributed by atoms with Gasteiger partial charge >= 0.3 is 17.8 Å². The average Bonchev–Trinajstić information content (AvgIpc) is 2.55. The molecule has 126 valence electrons. The van der Waals surface area contributed by atoms with E-state index in [1.807, 2.05) is 0 Å². The van der Waals surface area contributed by atoms with Crippen molar-refractivity contribution in [3.8, 4) is 0 Å². The molecule has 1 aromatic rings. The zero-order valence-electron chi connectivity index (χ0n) is 13.1. The highest BCUT2D eigenvalue weighted by molar-refractivity contribution is 6.39. The van der Waals surface area contributed by atoms with E-state index in [-0.39, 0.29) is 13.2 Å². The quantitative estimate of drug-likeness (QED) is 0.377. The number of ether oxygens (including phenoxy) is 1. The molecule has 7 heteroatoms. The fourth-order valence-electron chi connectivity index (χ4n) is 1.79. The number of rotatable bonds is 8. The molecule has 0 heterocycles. The van der Waals surface area contributed by atoms with E-state index >= 15 is 0 Å². The summed E-state index contributed by atoms with van der Waals surface area (Å²) < 4.78 is 4.85. The summed E-state index contributed by atoms with van der Waals surface area (Å²) in [6.07, 6.45) is 2.16. The van der Waals surface area contributed by atoms with Crippen LogP contribution in [0.4, 0.5) is 5.69 Å². The lowest BCUT2D eigenvalue weighted by Gasteiger charge is -2.07. The second kappa shape index (κ2) is 10.3. The highest BCUT2D eigenvalue weighted by Crippen LogP contribution is 2.10. The van der Waals surface area contributed by atoms with Crippen LogP contribution in [0.1, 0.15) is 36.5 Å². The molecule has 7 nitrogen and oxygen atoms in total. The number of hydrogen-bond donors (Lipinski definition) is 3. The number of nitrogens with one attached hydrogen (secondary N) is 2. The van der Waals surface area contributed by atoms with Crippen LogP contribution in [-0.2, 0) is 14.3 Å². The molecule has 0 saturated carbocycles. The number of amides is 2. The summed E-state index contributed by atoms with van der Waals surface area (Å²) in [5.74, 6) is -1.93. The first kappa shape index (κ1) is 18.6. The molecule has 1 aromatic carbocycles. The van der Waals surface area contributed by atoms with Gasteiger partial charge in [0.15, 0.2) is 0 Å². The van der Waals surface area contributed by atoms with Gasteiger partial charge in [0.05, 0.1) is 12.2 Å². The Bertz CT molecular complexity index is 528. The average molecular weight is 322 g/mol. The SMILES string of the molecule is CCOC(=O)c1ccc(NC(=O)C(=O)NCCCCCO)cc1. The van der Waals surface area contributed by atoms with Crippen LogP contribution < -0.4 is 10.6 Å². The molecule has 2 amide bonds. The molecule has 23 heavy (non-hydrogen) atoms. The topological polar surface area (TPSA) is 105 Å². The van der Waals surface area contributed by atoms with Crippen molar-refractivity contribution in [1.29, 1.82) is 0 Å². The fourth-order valence-corrected chi connectivity index (χ4v) is 1.79. The van der Waals surface area contributed by atoms with E-state index in [9.17, 15) is 14.4 Å². The number of aliphatic hydroxyl groups is 1. The van der Waals surface area contributed by atoms with E-state index in [0.29, 0.717) is 30.6 Å². The van der Waals surface area contributed by atoms with E-state index in [4.69, 9.17) is 9.84 Å². The van der Waals surface area contributed by atoms with Crippen LogP contribution in [0.15, 0.2) is 24.3 Å². The zero-order chi connectivity index (χ0) is 17.1. The van der Waals surface area contributed by atoms with Crippen molar-refractivity contribution in [3.05, 3.63) is 29.8 Å². The van der Waals surface area contributed by atoms with Gasteiger partial charge in [-0.3, -0.25) is 9.59 Å². The Kier molecular flexibility index (Phi) is 8.38. The minimum atomic E-state index is -0.768. The maximum Gasteiger partial charge on any atom is 0.338 e. The Hall–Kier alpha value is -2.41. The third-order valence-electron chi connectivity index (χ3n) is 2.98. The summed E-state index contributed by atoms with van der Waals surface area (Å²) >= 11 is 0. The van der Waals surface area contributed by atoms with Crippen molar-refractivity contribution in [2.45, 2.75) is 26.2 Å². The number of aliphatic hydroxyl groups excluding tert-OH is 1. The first-order valence-corrected chi connectivity index (χ1v) is 7.55. The molecule has 1 rings (SSSR count). The second-order valence-electron chi connectivity index (χ2n) is 4.79. The Morgan fingerprint density at radius 3 is 2.35 bits per heavy atom. The monoisotopic (exact) mass is 322 g/mol. The van der Waals surface area contributed by atoms with E-state index < -0.39 is 17.8 Å². The molecule has 0 radical (unpaired) electrons. The van der Waals surface area contributed by atoms with Gasteiger partial charge < -0.3 is 20.5 Å². The molecule has 0 aliphatic heterocycles. The first-order valence-electron chi connectivity index (χ1n) is 7.55. The number of carbonyl (C=O) groups excluding carboxylic acids is 3. The van der Waals surface area contributed by atoms with Crippen LogP contribution in [-0.4, -0.2) is 42.6 Å². The van der Waals surface area contributed by atoms with Crippen molar-refractivity contribution in [1.82, 2.24) is 5.32 Å².